The summed E-state index contributed by atoms with van der Waals surface area (Å²) in [5, 5.41) is 9.11. The fourth-order valence-electron chi connectivity index (χ4n) is 1.28. The van der Waals surface area contributed by atoms with Crippen LogP contribution < -0.4 is 0 Å². The third-order valence-corrected chi connectivity index (χ3v) is 1.97. The Labute approximate surface area is 65.7 Å². The van der Waals surface area contributed by atoms with Gasteiger partial charge in [-0.1, -0.05) is 12.2 Å². The van der Waals surface area contributed by atoms with Gasteiger partial charge in [0.05, 0.1) is 18.6 Å². The van der Waals surface area contributed by atoms with Crippen LogP contribution in [0.1, 0.15) is 13.3 Å². The van der Waals surface area contributed by atoms with Crippen molar-refractivity contribution < 1.29 is 14.6 Å². The molecule has 0 radical (unpaired) electrons. The van der Waals surface area contributed by atoms with Crippen molar-refractivity contribution in [3.63, 3.8) is 0 Å². The standard InChI is InChI=1S/C8H12O3/c1-8(7(10)11-2)4-3-6(9)5-8/h3-4,6,9H,5H2,1-2H3. The molecule has 1 N–H and O–H groups in total. The van der Waals surface area contributed by atoms with Crippen LogP contribution in [-0.4, -0.2) is 24.3 Å². The van der Waals surface area contributed by atoms with E-state index in [-0.39, 0.29) is 5.97 Å². The Hall–Kier alpha value is -0.830. The zero-order valence-corrected chi connectivity index (χ0v) is 6.70. The second-order valence-electron chi connectivity index (χ2n) is 3.04. The number of hydrogen-bond acceptors (Lipinski definition) is 3. The predicted octanol–water partition coefficient (Wildman–Crippen LogP) is 0.486. The molecule has 0 spiro atoms. The lowest BCUT2D eigenvalue weighted by molar-refractivity contribution is -0.149. The monoisotopic (exact) mass is 156 g/mol. The summed E-state index contributed by atoms with van der Waals surface area (Å²) in [5.41, 5.74) is -0.617. The van der Waals surface area contributed by atoms with Gasteiger partial charge in [0.2, 0.25) is 0 Å². The molecular weight excluding hydrogens is 144 g/mol. The van der Waals surface area contributed by atoms with Crippen molar-refractivity contribution in [2.75, 3.05) is 7.11 Å². The van der Waals surface area contributed by atoms with Crippen LogP contribution in [0.5, 0.6) is 0 Å². The fraction of sp³-hybridized carbons (Fsp3) is 0.625. The van der Waals surface area contributed by atoms with Crippen LogP contribution in [-0.2, 0) is 9.53 Å². The highest BCUT2D eigenvalue weighted by Gasteiger charge is 2.37. The molecule has 1 rings (SSSR count). The molecule has 3 nitrogen and oxygen atoms in total. The maximum absolute atomic E-state index is 11.1. The van der Waals surface area contributed by atoms with Crippen molar-refractivity contribution in [1.29, 1.82) is 0 Å². The van der Waals surface area contributed by atoms with Crippen molar-refractivity contribution in [2.45, 2.75) is 19.4 Å². The van der Waals surface area contributed by atoms with E-state index in [0.29, 0.717) is 6.42 Å². The summed E-state index contributed by atoms with van der Waals surface area (Å²) in [5.74, 6) is -0.287. The zero-order chi connectivity index (χ0) is 8.48. The molecule has 0 heterocycles. The Bertz CT molecular complexity index is 198. The molecule has 0 aliphatic heterocycles. The number of carbonyl (C=O) groups is 1. The fourth-order valence-corrected chi connectivity index (χ4v) is 1.28. The van der Waals surface area contributed by atoms with E-state index in [2.05, 4.69) is 4.74 Å². The summed E-state index contributed by atoms with van der Waals surface area (Å²) in [6.07, 6.45) is 3.25. The van der Waals surface area contributed by atoms with Gasteiger partial charge in [0.1, 0.15) is 0 Å². The lowest BCUT2D eigenvalue weighted by Gasteiger charge is -2.18. The van der Waals surface area contributed by atoms with E-state index in [1.54, 1.807) is 19.1 Å². The van der Waals surface area contributed by atoms with E-state index in [9.17, 15) is 4.79 Å². The maximum atomic E-state index is 11.1. The van der Waals surface area contributed by atoms with Crippen LogP contribution in [0, 0.1) is 5.41 Å². The second kappa shape index (κ2) is 2.66. The molecule has 2 unspecified atom stereocenters. The molecule has 11 heavy (non-hydrogen) atoms. The van der Waals surface area contributed by atoms with E-state index >= 15 is 0 Å². The molecule has 0 bridgehead atoms. The molecule has 0 fully saturated rings. The van der Waals surface area contributed by atoms with Crippen molar-refractivity contribution in [1.82, 2.24) is 0 Å². The number of carbonyl (C=O) groups excluding carboxylic acids is 1. The van der Waals surface area contributed by atoms with Gasteiger partial charge in [-0.15, -0.1) is 0 Å². The van der Waals surface area contributed by atoms with Crippen molar-refractivity contribution in [3.05, 3.63) is 12.2 Å². The third kappa shape index (κ3) is 1.43. The maximum Gasteiger partial charge on any atom is 0.315 e. The lowest BCUT2D eigenvalue weighted by Crippen LogP contribution is -2.26. The van der Waals surface area contributed by atoms with E-state index in [4.69, 9.17) is 5.11 Å². The largest absolute Gasteiger partial charge is 0.468 e. The summed E-state index contributed by atoms with van der Waals surface area (Å²) >= 11 is 0. The minimum Gasteiger partial charge on any atom is -0.468 e. The van der Waals surface area contributed by atoms with E-state index < -0.39 is 11.5 Å². The topological polar surface area (TPSA) is 46.5 Å². The molecule has 1 aliphatic carbocycles. The minimum absolute atomic E-state index is 0.287. The second-order valence-corrected chi connectivity index (χ2v) is 3.04. The first-order valence-electron chi connectivity index (χ1n) is 3.54. The third-order valence-electron chi connectivity index (χ3n) is 1.97. The summed E-state index contributed by atoms with van der Waals surface area (Å²) in [7, 11) is 1.35. The molecule has 0 saturated heterocycles. The SMILES string of the molecule is COC(=O)C1(C)C=CC(O)C1. The quantitative estimate of drug-likeness (QED) is 0.444. The first-order valence-corrected chi connectivity index (χ1v) is 3.54. The average Bonchev–Trinajstić information content (AvgIpc) is 2.31. The summed E-state index contributed by atoms with van der Waals surface area (Å²) in [4.78, 5) is 11.1. The molecule has 0 aromatic heterocycles. The highest BCUT2D eigenvalue weighted by atomic mass is 16.5. The number of rotatable bonds is 1. The van der Waals surface area contributed by atoms with Crippen molar-refractivity contribution in [2.24, 2.45) is 5.41 Å². The summed E-state index contributed by atoms with van der Waals surface area (Å²) in [6, 6.07) is 0. The molecule has 0 aromatic rings. The Morgan fingerprint density at radius 3 is 2.82 bits per heavy atom. The average molecular weight is 156 g/mol. The van der Waals surface area contributed by atoms with Crippen molar-refractivity contribution >= 4 is 5.97 Å². The molecular formula is C8H12O3. The molecule has 0 amide bonds. The molecule has 2 atom stereocenters. The molecule has 3 heteroatoms. The number of ether oxygens (including phenoxy) is 1. The molecule has 0 saturated carbocycles. The van der Waals surface area contributed by atoms with E-state index in [1.807, 2.05) is 0 Å². The van der Waals surface area contributed by atoms with Gasteiger partial charge >= 0.3 is 5.97 Å². The van der Waals surface area contributed by atoms with Gasteiger partial charge in [0.15, 0.2) is 0 Å². The van der Waals surface area contributed by atoms with E-state index in [0.717, 1.165) is 0 Å². The van der Waals surface area contributed by atoms with Gasteiger partial charge in [-0.3, -0.25) is 4.79 Å². The first-order chi connectivity index (χ1) is 5.08. The van der Waals surface area contributed by atoms with Crippen LogP contribution in [0.15, 0.2) is 12.2 Å². The van der Waals surface area contributed by atoms with Gasteiger partial charge in [0, 0.05) is 0 Å². The highest BCUT2D eigenvalue weighted by Crippen LogP contribution is 2.32. The summed E-state index contributed by atoms with van der Waals surface area (Å²) in [6.45, 7) is 1.76. The zero-order valence-electron chi connectivity index (χ0n) is 6.70. The number of aliphatic hydroxyl groups is 1. The Morgan fingerprint density at radius 1 is 1.82 bits per heavy atom. The highest BCUT2D eigenvalue weighted by molar-refractivity contribution is 5.79. The number of hydrogen-bond donors (Lipinski definition) is 1. The van der Waals surface area contributed by atoms with Gasteiger partial charge in [-0.25, -0.2) is 0 Å². The number of methoxy groups -OCH3 is 1. The van der Waals surface area contributed by atoms with Crippen LogP contribution in [0.3, 0.4) is 0 Å². The molecule has 0 aromatic carbocycles. The van der Waals surface area contributed by atoms with Gasteiger partial charge in [-0.2, -0.15) is 0 Å². The Kier molecular flexibility index (Phi) is 2.00. The van der Waals surface area contributed by atoms with Crippen LogP contribution in [0.25, 0.3) is 0 Å². The van der Waals surface area contributed by atoms with Gasteiger partial charge in [-0.05, 0) is 13.3 Å². The summed E-state index contributed by atoms with van der Waals surface area (Å²) < 4.78 is 4.58. The Balaban J connectivity index is 2.71. The van der Waals surface area contributed by atoms with E-state index in [1.165, 1.54) is 7.11 Å². The first kappa shape index (κ1) is 8.27. The van der Waals surface area contributed by atoms with Crippen LogP contribution in [0.2, 0.25) is 0 Å². The van der Waals surface area contributed by atoms with Gasteiger partial charge < -0.3 is 9.84 Å². The molecule has 62 valence electrons. The normalized spacial score (nSPS) is 35.7. The van der Waals surface area contributed by atoms with Crippen molar-refractivity contribution in [3.8, 4) is 0 Å². The number of esters is 1. The Morgan fingerprint density at radius 2 is 2.45 bits per heavy atom. The van der Waals surface area contributed by atoms with Crippen LogP contribution >= 0.6 is 0 Å². The van der Waals surface area contributed by atoms with Crippen LogP contribution in [0.4, 0.5) is 0 Å². The predicted molar refractivity (Wildman–Crippen MR) is 39.9 cm³/mol. The smallest absolute Gasteiger partial charge is 0.315 e. The minimum atomic E-state index is -0.617. The number of aliphatic hydroxyl groups excluding tert-OH is 1. The lowest BCUT2D eigenvalue weighted by atomic mass is 9.90. The molecule has 1 aliphatic rings. The van der Waals surface area contributed by atoms with Gasteiger partial charge in [0.25, 0.3) is 0 Å².